The zero-order chi connectivity index (χ0) is 12.5. The second kappa shape index (κ2) is 4.97. The van der Waals surface area contributed by atoms with Crippen molar-refractivity contribution in [3.63, 3.8) is 0 Å². The van der Waals surface area contributed by atoms with Crippen molar-refractivity contribution in [3.8, 4) is 0 Å². The van der Waals surface area contributed by atoms with E-state index < -0.39 is 11.4 Å². The van der Waals surface area contributed by atoms with Gasteiger partial charge in [-0.3, -0.25) is 4.79 Å². The number of hydrogen-bond acceptors (Lipinski definition) is 2. The quantitative estimate of drug-likeness (QED) is 0.820. The Morgan fingerprint density at radius 2 is 1.76 bits per heavy atom. The summed E-state index contributed by atoms with van der Waals surface area (Å²) in [5.41, 5.74) is -0.439. The minimum Gasteiger partial charge on any atom is -0.481 e. The Bertz CT molecular complexity index is 278. The molecule has 17 heavy (non-hydrogen) atoms. The Hall–Kier alpha value is -0.570. The molecule has 1 unspecified atom stereocenters. The molecule has 0 heterocycles. The van der Waals surface area contributed by atoms with E-state index in [0.717, 1.165) is 19.3 Å². The van der Waals surface area contributed by atoms with Crippen molar-refractivity contribution in [1.29, 1.82) is 0 Å². The van der Waals surface area contributed by atoms with Gasteiger partial charge in [0.2, 0.25) is 0 Å². The molecule has 1 N–H and O–H groups in total. The highest BCUT2D eigenvalue weighted by Crippen LogP contribution is 2.50. The predicted octanol–water partition coefficient (Wildman–Crippen LogP) is 2.75. The Morgan fingerprint density at radius 1 is 1.18 bits per heavy atom. The maximum atomic E-state index is 11.7. The average Bonchev–Trinajstić information content (AvgIpc) is 2.23. The predicted molar refractivity (Wildman–Crippen MR) is 68.0 cm³/mol. The van der Waals surface area contributed by atoms with Crippen molar-refractivity contribution in [2.45, 2.75) is 57.4 Å². The third-order valence-corrected chi connectivity index (χ3v) is 4.89. The summed E-state index contributed by atoms with van der Waals surface area (Å²) in [5, 5.41) is 9.61. The van der Waals surface area contributed by atoms with Crippen LogP contribution in [0.15, 0.2) is 0 Å². The van der Waals surface area contributed by atoms with Crippen LogP contribution in [0.2, 0.25) is 0 Å². The van der Waals surface area contributed by atoms with E-state index in [1.54, 1.807) is 0 Å². The van der Waals surface area contributed by atoms with Crippen LogP contribution < -0.4 is 0 Å². The van der Waals surface area contributed by atoms with E-state index >= 15 is 0 Å². The zero-order valence-corrected chi connectivity index (χ0v) is 11.1. The van der Waals surface area contributed by atoms with Crippen LogP contribution in [-0.4, -0.2) is 36.1 Å². The molecule has 2 saturated carbocycles. The van der Waals surface area contributed by atoms with Gasteiger partial charge in [0, 0.05) is 6.04 Å². The molecular weight excluding hydrogens is 214 g/mol. The van der Waals surface area contributed by atoms with Crippen LogP contribution in [0.5, 0.6) is 0 Å². The minimum atomic E-state index is -0.562. The van der Waals surface area contributed by atoms with Gasteiger partial charge in [-0.2, -0.15) is 0 Å². The smallest absolute Gasteiger partial charge is 0.311 e. The molecule has 0 bridgehead atoms. The van der Waals surface area contributed by atoms with Crippen LogP contribution in [0.1, 0.15) is 51.4 Å². The average molecular weight is 239 g/mol. The first-order chi connectivity index (χ1) is 8.08. The number of aliphatic carboxylic acids is 1. The number of carboxylic acids is 1. The van der Waals surface area contributed by atoms with Gasteiger partial charge in [0.05, 0.1) is 5.41 Å². The molecule has 0 aromatic heterocycles. The molecule has 2 rings (SSSR count). The fourth-order valence-corrected chi connectivity index (χ4v) is 4.01. The van der Waals surface area contributed by atoms with Gasteiger partial charge in [0.15, 0.2) is 0 Å². The lowest BCUT2D eigenvalue weighted by molar-refractivity contribution is -0.163. The number of rotatable bonds is 4. The van der Waals surface area contributed by atoms with E-state index in [4.69, 9.17) is 0 Å². The van der Waals surface area contributed by atoms with Gasteiger partial charge in [-0.15, -0.1) is 0 Å². The molecular formula is C14H25NO2. The molecule has 0 aliphatic heterocycles. The molecule has 0 aromatic rings. The van der Waals surface area contributed by atoms with E-state index in [1.807, 2.05) is 0 Å². The summed E-state index contributed by atoms with van der Waals surface area (Å²) in [5.74, 6) is 0.0307. The topological polar surface area (TPSA) is 40.5 Å². The molecule has 2 fully saturated rings. The minimum absolute atomic E-state index is 0.244. The van der Waals surface area contributed by atoms with Gasteiger partial charge in [-0.05, 0) is 45.7 Å². The second-order valence-corrected chi connectivity index (χ2v) is 6.12. The second-order valence-electron chi connectivity index (χ2n) is 6.12. The molecule has 0 amide bonds. The standard InChI is InChI=1S/C14H25NO2/c1-15(2)12(11-7-4-3-5-8-11)14(13(16)17)9-6-10-14/h11-12H,3-10H2,1-2H3,(H,16,17). The molecule has 0 radical (unpaired) electrons. The van der Waals surface area contributed by atoms with Crippen LogP contribution in [0, 0.1) is 11.3 Å². The fraction of sp³-hybridized carbons (Fsp3) is 0.929. The van der Waals surface area contributed by atoms with Crippen LogP contribution in [0.25, 0.3) is 0 Å². The van der Waals surface area contributed by atoms with Crippen molar-refractivity contribution in [2.24, 2.45) is 11.3 Å². The summed E-state index contributed by atoms with van der Waals surface area (Å²) in [7, 11) is 4.12. The van der Waals surface area contributed by atoms with Gasteiger partial charge in [-0.1, -0.05) is 25.7 Å². The molecule has 0 saturated heterocycles. The highest BCUT2D eigenvalue weighted by molar-refractivity contribution is 5.76. The lowest BCUT2D eigenvalue weighted by Gasteiger charge is -2.50. The first-order valence-electron chi connectivity index (χ1n) is 6.98. The molecule has 98 valence electrons. The summed E-state index contributed by atoms with van der Waals surface area (Å²) < 4.78 is 0. The largest absolute Gasteiger partial charge is 0.481 e. The van der Waals surface area contributed by atoms with Crippen LogP contribution >= 0.6 is 0 Å². The van der Waals surface area contributed by atoms with Crippen LogP contribution in [0.3, 0.4) is 0 Å². The molecule has 0 aromatic carbocycles. The number of nitrogens with zero attached hydrogens (tertiary/aromatic N) is 1. The van der Waals surface area contributed by atoms with Gasteiger partial charge >= 0.3 is 5.97 Å². The number of carbonyl (C=O) groups is 1. The Morgan fingerprint density at radius 3 is 2.12 bits per heavy atom. The van der Waals surface area contributed by atoms with E-state index in [1.165, 1.54) is 32.1 Å². The van der Waals surface area contributed by atoms with E-state index in [2.05, 4.69) is 19.0 Å². The van der Waals surface area contributed by atoms with Gasteiger partial charge < -0.3 is 10.0 Å². The number of carboxylic acid groups (broad SMARTS) is 1. The normalized spacial score (nSPS) is 26.5. The first kappa shape index (κ1) is 12.9. The summed E-state index contributed by atoms with van der Waals surface area (Å²) in [6.45, 7) is 0. The third kappa shape index (κ3) is 2.22. The maximum absolute atomic E-state index is 11.7. The maximum Gasteiger partial charge on any atom is 0.311 e. The van der Waals surface area contributed by atoms with Crippen molar-refractivity contribution in [1.82, 2.24) is 4.90 Å². The van der Waals surface area contributed by atoms with Gasteiger partial charge in [0.25, 0.3) is 0 Å². The lowest BCUT2D eigenvalue weighted by atomic mass is 9.59. The fourth-order valence-electron chi connectivity index (χ4n) is 4.01. The number of hydrogen-bond donors (Lipinski definition) is 1. The summed E-state index contributed by atoms with van der Waals surface area (Å²) in [6.07, 6.45) is 9.18. The summed E-state index contributed by atoms with van der Waals surface area (Å²) >= 11 is 0. The lowest BCUT2D eigenvalue weighted by Crippen LogP contribution is -2.57. The van der Waals surface area contributed by atoms with Crippen molar-refractivity contribution >= 4 is 5.97 Å². The highest BCUT2D eigenvalue weighted by Gasteiger charge is 2.53. The van der Waals surface area contributed by atoms with Crippen molar-refractivity contribution in [2.75, 3.05) is 14.1 Å². The Labute approximate surface area is 104 Å². The van der Waals surface area contributed by atoms with Crippen LogP contribution in [-0.2, 0) is 4.79 Å². The van der Waals surface area contributed by atoms with Crippen molar-refractivity contribution in [3.05, 3.63) is 0 Å². The van der Waals surface area contributed by atoms with Crippen LogP contribution in [0.4, 0.5) is 0 Å². The molecule has 3 nitrogen and oxygen atoms in total. The molecule has 0 spiro atoms. The van der Waals surface area contributed by atoms with E-state index in [9.17, 15) is 9.90 Å². The highest BCUT2D eigenvalue weighted by atomic mass is 16.4. The molecule has 3 heteroatoms. The first-order valence-corrected chi connectivity index (χ1v) is 6.98. The molecule has 2 aliphatic carbocycles. The molecule has 2 aliphatic rings. The Balaban J connectivity index is 2.18. The van der Waals surface area contributed by atoms with E-state index in [0.29, 0.717) is 5.92 Å². The van der Waals surface area contributed by atoms with E-state index in [-0.39, 0.29) is 6.04 Å². The van der Waals surface area contributed by atoms with Gasteiger partial charge in [0.1, 0.15) is 0 Å². The van der Waals surface area contributed by atoms with Crippen molar-refractivity contribution < 1.29 is 9.90 Å². The SMILES string of the molecule is CN(C)C(C1CCCCC1)C1(C(=O)O)CCC1. The molecule has 1 atom stereocenters. The van der Waals surface area contributed by atoms with Gasteiger partial charge in [-0.25, -0.2) is 0 Å². The summed E-state index contributed by atoms with van der Waals surface area (Å²) in [4.78, 5) is 13.8. The summed E-state index contributed by atoms with van der Waals surface area (Å²) in [6, 6.07) is 0.244. The third-order valence-electron chi connectivity index (χ3n) is 4.89. The Kier molecular flexibility index (Phi) is 3.76. The zero-order valence-electron chi connectivity index (χ0n) is 11.1. The monoisotopic (exact) mass is 239 g/mol.